The Hall–Kier alpha value is -0.280. The second-order valence-electron chi connectivity index (χ2n) is 5.51. The highest BCUT2D eigenvalue weighted by Gasteiger charge is 2.31. The van der Waals surface area contributed by atoms with Crippen LogP contribution in [-0.4, -0.2) is 24.5 Å². The first-order valence-electron chi connectivity index (χ1n) is 6.91. The van der Waals surface area contributed by atoms with Crippen molar-refractivity contribution in [2.45, 2.75) is 38.3 Å². The molecule has 19 heavy (non-hydrogen) atoms. The third-order valence-electron chi connectivity index (χ3n) is 4.48. The fourth-order valence-corrected chi connectivity index (χ4v) is 3.43. The van der Waals surface area contributed by atoms with Crippen molar-refractivity contribution >= 4 is 23.2 Å². The average molecular weight is 301 g/mol. The van der Waals surface area contributed by atoms with Gasteiger partial charge in [-0.1, -0.05) is 35.7 Å². The molecule has 3 atom stereocenters. The van der Waals surface area contributed by atoms with E-state index in [1.165, 1.54) is 24.8 Å². The van der Waals surface area contributed by atoms with E-state index in [9.17, 15) is 0 Å². The summed E-state index contributed by atoms with van der Waals surface area (Å²) in [6.45, 7) is 2.99. The van der Waals surface area contributed by atoms with Crippen LogP contribution in [-0.2, 0) is 0 Å². The van der Waals surface area contributed by atoms with E-state index in [2.05, 4.69) is 24.9 Å². The molecule has 1 saturated carbocycles. The second kappa shape index (κ2) is 6.45. The summed E-state index contributed by atoms with van der Waals surface area (Å²) in [6.07, 6.45) is 3.77. The predicted octanol–water partition coefficient (Wildman–Crippen LogP) is 4.11. The fourth-order valence-electron chi connectivity index (χ4n) is 3.12. The zero-order valence-electron chi connectivity index (χ0n) is 11.6. The van der Waals surface area contributed by atoms with Crippen molar-refractivity contribution in [1.29, 1.82) is 0 Å². The Kier molecular flexibility index (Phi) is 5.13. The molecule has 0 saturated heterocycles. The van der Waals surface area contributed by atoms with Gasteiger partial charge in [0.15, 0.2) is 0 Å². The Balaban J connectivity index is 2.13. The molecule has 1 aromatic rings. The molecule has 0 heterocycles. The van der Waals surface area contributed by atoms with Crippen molar-refractivity contribution in [3.63, 3.8) is 0 Å². The van der Waals surface area contributed by atoms with Crippen LogP contribution in [0.4, 0.5) is 0 Å². The Morgan fingerprint density at radius 2 is 2.05 bits per heavy atom. The van der Waals surface area contributed by atoms with Crippen molar-refractivity contribution in [2.24, 2.45) is 11.7 Å². The molecule has 106 valence electrons. The van der Waals surface area contributed by atoms with E-state index < -0.39 is 0 Å². The molecule has 1 aliphatic rings. The predicted molar refractivity (Wildman–Crippen MR) is 82.8 cm³/mol. The number of nitrogens with zero attached hydrogens (tertiary/aromatic N) is 1. The maximum Gasteiger partial charge on any atom is 0.0595 e. The van der Waals surface area contributed by atoms with Gasteiger partial charge in [-0.05, 0) is 57.0 Å². The first kappa shape index (κ1) is 15.1. The highest BCUT2D eigenvalue weighted by atomic mass is 35.5. The van der Waals surface area contributed by atoms with E-state index in [1.807, 2.05) is 12.1 Å². The number of halogens is 2. The summed E-state index contributed by atoms with van der Waals surface area (Å²) in [5.41, 5.74) is 7.09. The average Bonchev–Trinajstić information content (AvgIpc) is 2.88. The van der Waals surface area contributed by atoms with Gasteiger partial charge in [-0.2, -0.15) is 0 Å². The molecule has 1 fully saturated rings. The lowest BCUT2D eigenvalue weighted by Gasteiger charge is -2.34. The molecule has 2 nitrogen and oxygen atoms in total. The van der Waals surface area contributed by atoms with Crippen LogP contribution in [0.5, 0.6) is 0 Å². The number of hydrogen-bond donors (Lipinski definition) is 1. The minimum absolute atomic E-state index is 0.326. The summed E-state index contributed by atoms with van der Waals surface area (Å²) in [4.78, 5) is 2.43. The maximum absolute atomic E-state index is 6.11. The van der Waals surface area contributed by atoms with Crippen LogP contribution in [0.3, 0.4) is 0 Å². The van der Waals surface area contributed by atoms with Crippen molar-refractivity contribution in [3.05, 3.63) is 33.8 Å². The third-order valence-corrected chi connectivity index (χ3v) is 5.22. The molecule has 1 aromatic carbocycles. The SMILES string of the molecule is CC(c1ccc(Cl)c(Cl)c1)N(C)C1CCCC1CN. The van der Waals surface area contributed by atoms with Gasteiger partial charge in [0.05, 0.1) is 10.0 Å². The standard InChI is InChI=1S/C15H22Cl2N2/c1-10(11-6-7-13(16)14(17)8-11)19(2)15-5-3-4-12(15)9-18/h6-8,10,12,15H,3-5,9,18H2,1-2H3. The smallest absolute Gasteiger partial charge is 0.0595 e. The van der Waals surface area contributed by atoms with Gasteiger partial charge in [-0.3, -0.25) is 4.90 Å². The molecule has 0 aromatic heterocycles. The Labute approximate surface area is 125 Å². The second-order valence-corrected chi connectivity index (χ2v) is 6.32. The molecule has 0 amide bonds. The van der Waals surface area contributed by atoms with Gasteiger partial charge >= 0.3 is 0 Å². The van der Waals surface area contributed by atoms with Crippen LogP contribution in [0.1, 0.15) is 37.8 Å². The van der Waals surface area contributed by atoms with Gasteiger partial charge in [-0.15, -0.1) is 0 Å². The maximum atomic E-state index is 6.11. The lowest BCUT2D eigenvalue weighted by molar-refractivity contribution is 0.152. The number of hydrogen-bond acceptors (Lipinski definition) is 2. The minimum Gasteiger partial charge on any atom is -0.330 e. The van der Waals surface area contributed by atoms with Gasteiger partial charge in [0.1, 0.15) is 0 Å². The van der Waals surface area contributed by atoms with E-state index in [1.54, 1.807) is 0 Å². The van der Waals surface area contributed by atoms with Gasteiger partial charge in [0.25, 0.3) is 0 Å². The molecule has 0 bridgehead atoms. The molecule has 2 rings (SSSR count). The monoisotopic (exact) mass is 300 g/mol. The summed E-state index contributed by atoms with van der Waals surface area (Å²) in [6, 6.07) is 6.80. The first-order chi connectivity index (χ1) is 9.04. The van der Waals surface area contributed by atoms with Gasteiger partial charge in [-0.25, -0.2) is 0 Å². The van der Waals surface area contributed by atoms with E-state index in [0.717, 1.165) is 6.54 Å². The van der Waals surface area contributed by atoms with E-state index >= 15 is 0 Å². The van der Waals surface area contributed by atoms with Crippen LogP contribution >= 0.6 is 23.2 Å². The molecule has 1 aliphatic carbocycles. The Morgan fingerprint density at radius 3 is 2.68 bits per heavy atom. The molecule has 0 aliphatic heterocycles. The summed E-state index contributed by atoms with van der Waals surface area (Å²) < 4.78 is 0. The highest BCUT2D eigenvalue weighted by Crippen LogP contribution is 2.34. The lowest BCUT2D eigenvalue weighted by atomic mass is 9.99. The van der Waals surface area contributed by atoms with Gasteiger partial charge in [0.2, 0.25) is 0 Å². The summed E-state index contributed by atoms with van der Waals surface area (Å²) in [5, 5.41) is 1.24. The van der Waals surface area contributed by atoms with E-state index in [-0.39, 0.29) is 0 Å². The van der Waals surface area contributed by atoms with Crippen LogP contribution in [0.25, 0.3) is 0 Å². The quantitative estimate of drug-likeness (QED) is 0.906. The molecular formula is C15H22Cl2N2. The largest absolute Gasteiger partial charge is 0.330 e. The fraction of sp³-hybridized carbons (Fsp3) is 0.600. The Bertz CT molecular complexity index is 436. The van der Waals surface area contributed by atoms with E-state index in [0.29, 0.717) is 28.0 Å². The molecule has 3 unspecified atom stereocenters. The van der Waals surface area contributed by atoms with Crippen LogP contribution in [0.2, 0.25) is 10.0 Å². The summed E-state index contributed by atoms with van der Waals surface area (Å²) >= 11 is 12.1. The molecular weight excluding hydrogens is 279 g/mol. The summed E-state index contributed by atoms with van der Waals surface area (Å²) in [5.74, 6) is 0.621. The normalized spacial score (nSPS) is 24.9. The first-order valence-corrected chi connectivity index (χ1v) is 7.67. The van der Waals surface area contributed by atoms with Crippen molar-refractivity contribution in [3.8, 4) is 0 Å². The molecule has 2 N–H and O–H groups in total. The molecule has 0 radical (unpaired) electrons. The van der Waals surface area contributed by atoms with E-state index in [4.69, 9.17) is 28.9 Å². The molecule has 0 spiro atoms. The van der Waals surface area contributed by atoms with Gasteiger partial charge in [0, 0.05) is 12.1 Å². The van der Waals surface area contributed by atoms with Gasteiger partial charge < -0.3 is 5.73 Å². The van der Waals surface area contributed by atoms with Crippen LogP contribution < -0.4 is 5.73 Å². The summed E-state index contributed by atoms with van der Waals surface area (Å²) in [7, 11) is 2.19. The number of rotatable bonds is 4. The lowest BCUT2D eigenvalue weighted by Crippen LogP contribution is -2.39. The minimum atomic E-state index is 0.326. The van der Waals surface area contributed by atoms with Crippen molar-refractivity contribution in [2.75, 3.05) is 13.6 Å². The zero-order valence-corrected chi connectivity index (χ0v) is 13.1. The highest BCUT2D eigenvalue weighted by molar-refractivity contribution is 6.42. The van der Waals surface area contributed by atoms with Crippen molar-refractivity contribution in [1.82, 2.24) is 4.90 Å². The zero-order chi connectivity index (χ0) is 14.0. The topological polar surface area (TPSA) is 29.3 Å². The number of nitrogens with two attached hydrogens (primary N) is 1. The third kappa shape index (κ3) is 3.25. The van der Waals surface area contributed by atoms with Crippen molar-refractivity contribution < 1.29 is 0 Å². The number of benzene rings is 1. The Morgan fingerprint density at radius 1 is 1.32 bits per heavy atom. The molecule has 4 heteroatoms. The van der Waals surface area contributed by atoms with Crippen LogP contribution in [0, 0.1) is 5.92 Å². The van der Waals surface area contributed by atoms with Crippen LogP contribution in [0.15, 0.2) is 18.2 Å².